The minimum absolute atomic E-state index is 0.207. The van der Waals surface area contributed by atoms with Crippen LogP contribution in [0, 0.1) is 0 Å². The van der Waals surface area contributed by atoms with Crippen molar-refractivity contribution < 1.29 is 14.9 Å². The number of hydrogen-bond donors (Lipinski definition) is 2. The smallest absolute Gasteiger partial charge is 0.131 e. The zero-order valence-electron chi connectivity index (χ0n) is 17.7. The Bertz CT molecular complexity index is 1160. The summed E-state index contributed by atoms with van der Waals surface area (Å²) in [5.41, 5.74) is 3.86. The lowest BCUT2D eigenvalue weighted by Gasteiger charge is -2.24. The van der Waals surface area contributed by atoms with E-state index in [2.05, 4.69) is 16.0 Å². The predicted molar refractivity (Wildman–Crippen MR) is 125 cm³/mol. The zero-order chi connectivity index (χ0) is 22.1. The number of likely N-dealkylation sites (tertiary alicyclic amines) is 1. The maximum Gasteiger partial charge on any atom is 0.131 e. The molecule has 32 heavy (non-hydrogen) atoms. The average Bonchev–Trinajstić information content (AvgIpc) is 3.11. The molecule has 2 aliphatic heterocycles. The van der Waals surface area contributed by atoms with Crippen molar-refractivity contribution in [1.82, 2.24) is 9.88 Å². The van der Waals surface area contributed by atoms with Crippen molar-refractivity contribution in [2.75, 3.05) is 19.6 Å². The van der Waals surface area contributed by atoms with Gasteiger partial charge in [-0.3, -0.25) is 9.88 Å². The predicted octanol–water partition coefficient (Wildman–Crippen LogP) is 4.75. The van der Waals surface area contributed by atoms with Crippen LogP contribution < -0.4 is 4.74 Å². The Morgan fingerprint density at radius 2 is 1.97 bits per heavy atom. The summed E-state index contributed by atoms with van der Waals surface area (Å²) in [5, 5.41) is 21.9. The minimum Gasteiger partial charge on any atom is -0.508 e. The number of aliphatic hydroxyl groups is 1. The first kappa shape index (κ1) is 21.0. The molecule has 2 N–H and O–H groups in total. The average molecular weight is 449 g/mol. The van der Waals surface area contributed by atoms with Gasteiger partial charge in [0.25, 0.3) is 0 Å². The highest BCUT2D eigenvalue weighted by atomic mass is 35.5. The molecule has 0 aliphatic carbocycles. The van der Waals surface area contributed by atoms with Crippen molar-refractivity contribution >= 4 is 17.2 Å². The first-order chi connectivity index (χ1) is 15.5. The molecule has 6 heteroatoms. The summed E-state index contributed by atoms with van der Waals surface area (Å²) in [7, 11) is 0. The fourth-order valence-corrected chi connectivity index (χ4v) is 4.74. The number of benzene rings is 2. The van der Waals surface area contributed by atoms with Gasteiger partial charge in [0, 0.05) is 42.0 Å². The van der Waals surface area contributed by atoms with Gasteiger partial charge in [-0.1, -0.05) is 35.9 Å². The first-order valence-corrected chi connectivity index (χ1v) is 11.2. The second kappa shape index (κ2) is 8.58. The van der Waals surface area contributed by atoms with Crippen LogP contribution in [0.3, 0.4) is 0 Å². The summed E-state index contributed by atoms with van der Waals surface area (Å²) in [4.78, 5) is 6.78. The summed E-state index contributed by atoms with van der Waals surface area (Å²) >= 11 is 6.00. The first-order valence-electron chi connectivity index (χ1n) is 10.8. The van der Waals surface area contributed by atoms with Gasteiger partial charge in [0.15, 0.2) is 0 Å². The number of rotatable bonds is 4. The molecule has 5 rings (SSSR count). The number of halogens is 1. The standard InChI is InChI=1S/C26H25ClN2O3/c27-19-7-5-18(6-8-19)26(31)11-14-29(17-26)13-2-4-21-22-3-1-12-28-24(22)16-32-25-10-9-20(30)15-23(21)25/h1,3-10,12,15,30-31H,2,11,13-14,16-17H2. The topological polar surface area (TPSA) is 65.8 Å². The number of hydrogen-bond acceptors (Lipinski definition) is 5. The van der Waals surface area contributed by atoms with Crippen molar-refractivity contribution in [1.29, 1.82) is 0 Å². The summed E-state index contributed by atoms with van der Waals surface area (Å²) in [6, 6.07) is 16.6. The van der Waals surface area contributed by atoms with Crippen molar-refractivity contribution in [2.24, 2.45) is 0 Å². The Labute approximate surface area is 192 Å². The minimum atomic E-state index is -0.844. The van der Waals surface area contributed by atoms with E-state index in [1.54, 1.807) is 24.4 Å². The SMILES string of the molecule is Oc1ccc2c(c1)C(=CCCN1CCC(O)(c3ccc(Cl)cc3)C1)c1cccnc1CO2. The van der Waals surface area contributed by atoms with Crippen LogP contribution in [0.4, 0.5) is 0 Å². The molecular weight excluding hydrogens is 424 g/mol. The van der Waals surface area contributed by atoms with Gasteiger partial charge in [0.2, 0.25) is 0 Å². The lowest BCUT2D eigenvalue weighted by Crippen LogP contribution is -2.31. The van der Waals surface area contributed by atoms with Crippen LogP contribution >= 0.6 is 11.6 Å². The van der Waals surface area contributed by atoms with Crippen LogP contribution in [0.15, 0.2) is 66.9 Å². The van der Waals surface area contributed by atoms with Crippen LogP contribution in [0.5, 0.6) is 11.5 Å². The van der Waals surface area contributed by atoms with E-state index >= 15 is 0 Å². The Morgan fingerprint density at radius 3 is 2.81 bits per heavy atom. The van der Waals surface area contributed by atoms with E-state index in [4.69, 9.17) is 16.3 Å². The molecule has 2 aromatic carbocycles. The lowest BCUT2D eigenvalue weighted by atomic mass is 9.93. The van der Waals surface area contributed by atoms with Gasteiger partial charge in [-0.2, -0.15) is 0 Å². The van der Waals surface area contributed by atoms with Gasteiger partial charge in [0.1, 0.15) is 23.7 Å². The maximum absolute atomic E-state index is 11.1. The van der Waals surface area contributed by atoms with Crippen LogP contribution in [-0.2, 0) is 12.2 Å². The van der Waals surface area contributed by atoms with E-state index in [0.717, 1.165) is 53.2 Å². The molecule has 1 fully saturated rings. The van der Waals surface area contributed by atoms with Crippen molar-refractivity contribution in [3.05, 3.63) is 94.3 Å². The molecule has 1 atom stereocenters. The zero-order valence-corrected chi connectivity index (χ0v) is 18.4. The Balaban J connectivity index is 1.36. The Hall–Kier alpha value is -2.86. The van der Waals surface area contributed by atoms with Crippen molar-refractivity contribution in [3.63, 3.8) is 0 Å². The molecule has 3 heterocycles. The molecule has 1 unspecified atom stereocenters. The third-order valence-electron chi connectivity index (χ3n) is 6.30. The van der Waals surface area contributed by atoms with Crippen LogP contribution in [0.25, 0.3) is 5.57 Å². The lowest BCUT2D eigenvalue weighted by molar-refractivity contribution is 0.0463. The number of ether oxygens (including phenoxy) is 1. The monoisotopic (exact) mass is 448 g/mol. The summed E-state index contributed by atoms with van der Waals surface area (Å²) in [6.45, 7) is 2.65. The second-order valence-corrected chi connectivity index (χ2v) is 8.87. The quantitative estimate of drug-likeness (QED) is 0.603. The van der Waals surface area contributed by atoms with E-state index in [1.165, 1.54) is 0 Å². The number of fused-ring (bicyclic) bond motifs is 2. The number of aromatic hydroxyl groups is 1. The van der Waals surface area contributed by atoms with Gasteiger partial charge in [-0.05, 0) is 60.4 Å². The van der Waals surface area contributed by atoms with Crippen molar-refractivity contribution in [3.8, 4) is 11.5 Å². The van der Waals surface area contributed by atoms with Crippen molar-refractivity contribution in [2.45, 2.75) is 25.0 Å². The van der Waals surface area contributed by atoms with Gasteiger partial charge in [-0.15, -0.1) is 0 Å². The van der Waals surface area contributed by atoms with E-state index in [9.17, 15) is 10.2 Å². The molecule has 5 nitrogen and oxygen atoms in total. The molecule has 164 valence electrons. The molecule has 1 saturated heterocycles. The molecule has 0 radical (unpaired) electrons. The molecule has 3 aromatic rings. The molecule has 2 aliphatic rings. The van der Waals surface area contributed by atoms with E-state index < -0.39 is 5.60 Å². The van der Waals surface area contributed by atoms with Crippen LogP contribution in [-0.4, -0.2) is 39.7 Å². The summed E-state index contributed by atoms with van der Waals surface area (Å²) < 4.78 is 5.96. The van der Waals surface area contributed by atoms with Gasteiger partial charge < -0.3 is 14.9 Å². The number of pyridine rings is 1. The number of phenolic OH excluding ortho intramolecular Hbond substituents is 1. The second-order valence-electron chi connectivity index (χ2n) is 8.44. The van der Waals surface area contributed by atoms with E-state index in [-0.39, 0.29) is 5.75 Å². The molecule has 1 aromatic heterocycles. The third kappa shape index (κ3) is 4.11. The highest BCUT2D eigenvalue weighted by Gasteiger charge is 2.37. The molecular formula is C26H25ClN2O3. The van der Waals surface area contributed by atoms with Crippen LogP contribution in [0.2, 0.25) is 5.02 Å². The Kier molecular flexibility index (Phi) is 5.64. The van der Waals surface area contributed by atoms with Crippen LogP contribution in [0.1, 0.15) is 35.2 Å². The highest BCUT2D eigenvalue weighted by molar-refractivity contribution is 6.30. The number of aromatic nitrogens is 1. The molecule has 0 amide bonds. The Morgan fingerprint density at radius 1 is 1.12 bits per heavy atom. The van der Waals surface area contributed by atoms with Gasteiger partial charge >= 0.3 is 0 Å². The summed E-state index contributed by atoms with van der Waals surface area (Å²) in [6.07, 6.45) is 5.46. The fourth-order valence-electron chi connectivity index (χ4n) is 4.61. The summed E-state index contributed by atoms with van der Waals surface area (Å²) in [5.74, 6) is 0.948. The molecule has 0 saturated carbocycles. The fraction of sp³-hybridized carbons (Fsp3) is 0.269. The third-order valence-corrected chi connectivity index (χ3v) is 6.55. The highest BCUT2D eigenvalue weighted by Crippen LogP contribution is 2.38. The van der Waals surface area contributed by atoms with Gasteiger partial charge in [0.05, 0.1) is 5.69 Å². The number of nitrogens with zero attached hydrogens (tertiary/aromatic N) is 2. The number of β-amino-alcohol motifs (C(OH)–C–C–N with tert-alkyl or cyclic N) is 1. The number of phenols is 1. The maximum atomic E-state index is 11.1. The molecule has 0 spiro atoms. The van der Waals surface area contributed by atoms with Gasteiger partial charge in [-0.25, -0.2) is 0 Å². The van der Waals surface area contributed by atoms with E-state index in [1.807, 2.05) is 36.4 Å². The molecule has 0 bridgehead atoms. The largest absolute Gasteiger partial charge is 0.508 e. The van der Waals surface area contributed by atoms with E-state index in [0.29, 0.717) is 24.6 Å². The normalized spacial score (nSPS) is 21.6.